The molecule has 0 amide bonds. The molecule has 2 N–H and O–H groups in total. The summed E-state index contributed by atoms with van der Waals surface area (Å²) >= 11 is 0. The van der Waals surface area contributed by atoms with Gasteiger partial charge in [-0.05, 0) is 49.9 Å². The van der Waals surface area contributed by atoms with Crippen LogP contribution in [0.2, 0.25) is 0 Å². The summed E-state index contributed by atoms with van der Waals surface area (Å²) in [5.41, 5.74) is 6.71. The van der Waals surface area contributed by atoms with Crippen molar-refractivity contribution in [3.63, 3.8) is 0 Å². The molecule has 0 aromatic heterocycles. The summed E-state index contributed by atoms with van der Waals surface area (Å²) in [5.74, 6) is 2.44. The van der Waals surface area contributed by atoms with Crippen molar-refractivity contribution in [2.24, 2.45) is 23.5 Å². The van der Waals surface area contributed by atoms with Gasteiger partial charge in [-0.2, -0.15) is 0 Å². The van der Waals surface area contributed by atoms with Crippen molar-refractivity contribution in [3.05, 3.63) is 0 Å². The van der Waals surface area contributed by atoms with Gasteiger partial charge in [-0.1, -0.05) is 26.2 Å². The zero-order chi connectivity index (χ0) is 11.9. The van der Waals surface area contributed by atoms with Gasteiger partial charge in [-0.25, -0.2) is 0 Å². The summed E-state index contributed by atoms with van der Waals surface area (Å²) in [6.07, 6.45) is 10.5. The molecule has 0 radical (unpaired) electrons. The highest BCUT2D eigenvalue weighted by Crippen LogP contribution is 2.47. The van der Waals surface area contributed by atoms with Crippen LogP contribution < -0.4 is 5.73 Å². The van der Waals surface area contributed by atoms with Gasteiger partial charge >= 0.3 is 0 Å². The molecule has 2 saturated carbocycles. The fraction of sp³-hybridized carbons (Fsp3) is 1.00. The highest BCUT2D eigenvalue weighted by Gasteiger charge is 2.46. The zero-order valence-corrected chi connectivity index (χ0v) is 11.2. The molecule has 3 aliphatic rings. The third-order valence-electron chi connectivity index (χ3n) is 5.51. The summed E-state index contributed by atoms with van der Waals surface area (Å²) in [6.45, 7) is 3.31. The Labute approximate surface area is 105 Å². The van der Waals surface area contributed by atoms with Crippen molar-refractivity contribution in [1.82, 2.24) is 0 Å². The number of ether oxygens (including phenoxy) is 1. The third kappa shape index (κ3) is 2.39. The van der Waals surface area contributed by atoms with Gasteiger partial charge in [0.15, 0.2) is 0 Å². The molecule has 4 unspecified atom stereocenters. The second-order valence-electron chi connectivity index (χ2n) is 6.80. The molecule has 98 valence electrons. The van der Waals surface area contributed by atoms with Gasteiger partial charge < -0.3 is 10.5 Å². The molecular formula is C15H27NO. The van der Waals surface area contributed by atoms with E-state index < -0.39 is 0 Å². The van der Waals surface area contributed by atoms with Crippen LogP contribution in [-0.4, -0.2) is 18.2 Å². The van der Waals surface area contributed by atoms with Crippen molar-refractivity contribution in [1.29, 1.82) is 0 Å². The van der Waals surface area contributed by atoms with Crippen LogP contribution in [0.1, 0.15) is 58.3 Å². The number of hydrogen-bond acceptors (Lipinski definition) is 2. The molecule has 0 aromatic carbocycles. The van der Waals surface area contributed by atoms with Crippen LogP contribution in [-0.2, 0) is 4.74 Å². The topological polar surface area (TPSA) is 35.2 Å². The largest absolute Gasteiger partial charge is 0.375 e. The van der Waals surface area contributed by atoms with Gasteiger partial charge in [0.2, 0.25) is 0 Å². The Kier molecular flexibility index (Phi) is 3.20. The van der Waals surface area contributed by atoms with E-state index in [4.69, 9.17) is 10.5 Å². The minimum Gasteiger partial charge on any atom is -0.375 e. The second-order valence-corrected chi connectivity index (χ2v) is 6.80. The summed E-state index contributed by atoms with van der Waals surface area (Å²) in [5, 5.41) is 0. The van der Waals surface area contributed by atoms with Gasteiger partial charge in [0.25, 0.3) is 0 Å². The molecular weight excluding hydrogens is 210 g/mol. The smallest absolute Gasteiger partial charge is 0.0685 e. The Morgan fingerprint density at radius 2 is 1.94 bits per heavy atom. The average Bonchev–Trinajstić information content (AvgIpc) is 3.06. The molecule has 2 heteroatoms. The maximum Gasteiger partial charge on any atom is 0.0685 e. The molecule has 17 heavy (non-hydrogen) atoms. The SMILES string of the molecule is CC1CC1C(N)C1CCOC2(CCCCC2)C1. The first-order valence-electron chi connectivity index (χ1n) is 7.60. The Balaban J connectivity index is 1.62. The van der Waals surface area contributed by atoms with Gasteiger partial charge in [0.05, 0.1) is 5.60 Å². The zero-order valence-electron chi connectivity index (χ0n) is 11.2. The van der Waals surface area contributed by atoms with Gasteiger partial charge in [0.1, 0.15) is 0 Å². The Morgan fingerprint density at radius 1 is 1.24 bits per heavy atom. The van der Waals surface area contributed by atoms with Crippen LogP contribution >= 0.6 is 0 Å². The lowest BCUT2D eigenvalue weighted by molar-refractivity contribution is -0.121. The first-order valence-corrected chi connectivity index (χ1v) is 7.60. The summed E-state index contributed by atoms with van der Waals surface area (Å²) in [4.78, 5) is 0. The number of nitrogens with two attached hydrogens (primary N) is 1. The van der Waals surface area contributed by atoms with Crippen LogP contribution in [0.5, 0.6) is 0 Å². The van der Waals surface area contributed by atoms with Crippen molar-refractivity contribution in [3.8, 4) is 0 Å². The van der Waals surface area contributed by atoms with E-state index in [1.807, 2.05) is 0 Å². The second kappa shape index (κ2) is 4.55. The highest BCUT2D eigenvalue weighted by atomic mass is 16.5. The van der Waals surface area contributed by atoms with Crippen LogP contribution in [0.4, 0.5) is 0 Å². The lowest BCUT2D eigenvalue weighted by Crippen LogP contribution is -2.47. The fourth-order valence-corrected chi connectivity index (χ4v) is 4.18. The fourth-order valence-electron chi connectivity index (χ4n) is 4.18. The predicted molar refractivity (Wildman–Crippen MR) is 69.7 cm³/mol. The average molecular weight is 237 g/mol. The van der Waals surface area contributed by atoms with Gasteiger partial charge in [0, 0.05) is 12.6 Å². The number of rotatable bonds is 2. The van der Waals surface area contributed by atoms with E-state index in [1.165, 1.54) is 51.4 Å². The van der Waals surface area contributed by atoms with Crippen molar-refractivity contribution >= 4 is 0 Å². The highest BCUT2D eigenvalue weighted by molar-refractivity contribution is 4.98. The summed E-state index contributed by atoms with van der Waals surface area (Å²) in [6, 6.07) is 0.452. The normalized spacial score (nSPS) is 42.4. The van der Waals surface area contributed by atoms with Crippen molar-refractivity contribution in [2.75, 3.05) is 6.61 Å². The minimum absolute atomic E-state index is 0.233. The van der Waals surface area contributed by atoms with Crippen LogP contribution in [0, 0.1) is 17.8 Å². The molecule has 0 aromatic rings. The van der Waals surface area contributed by atoms with Crippen LogP contribution in [0.15, 0.2) is 0 Å². The summed E-state index contributed by atoms with van der Waals surface area (Å²) in [7, 11) is 0. The Hall–Kier alpha value is -0.0800. The third-order valence-corrected chi connectivity index (χ3v) is 5.51. The van der Waals surface area contributed by atoms with E-state index >= 15 is 0 Å². The molecule has 0 bridgehead atoms. The molecule has 3 fully saturated rings. The van der Waals surface area contributed by atoms with Gasteiger partial charge in [-0.3, -0.25) is 0 Å². The Bertz CT molecular complexity index is 267. The minimum atomic E-state index is 0.233. The standard InChI is InChI=1S/C15H27NO/c1-11-9-13(11)14(16)12-5-8-17-15(10-12)6-3-2-4-7-15/h11-14H,2-10,16H2,1H3. The monoisotopic (exact) mass is 237 g/mol. The van der Waals surface area contributed by atoms with E-state index in [0.29, 0.717) is 6.04 Å². The van der Waals surface area contributed by atoms with Gasteiger partial charge in [-0.15, -0.1) is 0 Å². The maximum atomic E-state index is 6.48. The molecule has 2 nitrogen and oxygen atoms in total. The van der Waals surface area contributed by atoms with E-state index in [1.54, 1.807) is 0 Å². The van der Waals surface area contributed by atoms with Crippen LogP contribution in [0.25, 0.3) is 0 Å². The molecule has 3 rings (SSSR count). The van der Waals surface area contributed by atoms with Crippen molar-refractivity contribution in [2.45, 2.75) is 69.9 Å². The molecule has 4 atom stereocenters. The first kappa shape index (κ1) is 12.0. The first-order chi connectivity index (χ1) is 8.20. The van der Waals surface area contributed by atoms with Crippen molar-refractivity contribution < 1.29 is 4.74 Å². The van der Waals surface area contributed by atoms with Crippen LogP contribution in [0.3, 0.4) is 0 Å². The quantitative estimate of drug-likeness (QED) is 0.801. The molecule has 1 spiro atoms. The lowest BCUT2D eigenvalue weighted by atomic mass is 9.73. The van der Waals surface area contributed by atoms with E-state index in [9.17, 15) is 0 Å². The molecule has 1 aliphatic heterocycles. The molecule has 1 heterocycles. The Morgan fingerprint density at radius 3 is 2.59 bits per heavy atom. The maximum absolute atomic E-state index is 6.48. The number of hydrogen-bond donors (Lipinski definition) is 1. The van der Waals surface area contributed by atoms with E-state index in [0.717, 1.165) is 24.4 Å². The molecule has 2 aliphatic carbocycles. The summed E-state index contributed by atoms with van der Waals surface area (Å²) < 4.78 is 6.16. The predicted octanol–water partition coefficient (Wildman–Crippen LogP) is 3.10. The van der Waals surface area contributed by atoms with E-state index in [-0.39, 0.29) is 5.60 Å². The lowest BCUT2D eigenvalue weighted by Gasteiger charge is -2.45. The van der Waals surface area contributed by atoms with E-state index in [2.05, 4.69) is 6.92 Å². The molecule has 1 saturated heterocycles.